The summed E-state index contributed by atoms with van der Waals surface area (Å²) in [5.41, 5.74) is -2.25. The number of hydrogen-bond donors (Lipinski definition) is 2. The lowest BCUT2D eigenvalue weighted by Crippen LogP contribution is -2.46. The van der Waals surface area contributed by atoms with E-state index in [1.165, 1.54) is 6.92 Å². The highest BCUT2D eigenvalue weighted by Crippen LogP contribution is 2.40. The van der Waals surface area contributed by atoms with Gasteiger partial charge in [0.1, 0.15) is 5.82 Å². The van der Waals surface area contributed by atoms with Gasteiger partial charge in [0.05, 0.1) is 43.0 Å². The zero-order chi connectivity index (χ0) is 35.0. The largest absolute Gasteiger partial charge is 0.454 e. The Labute approximate surface area is 270 Å². The molecule has 17 heteroatoms. The molecule has 2 N–H and O–H groups in total. The minimum atomic E-state index is -5.15. The van der Waals surface area contributed by atoms with Gasteiger partial charge in [-0.3, -0.25) is 9.47 Å². The van der Waals surface area contributed by atoms with Crippen LogP contribution in [0.5, 0.6) is 0 Å². The van der Waals surface area contributed by atoms with Crippen molar-refractivity contribution in [1.29, 1.82) is 0 Å². The molecule has 258 valence electrons. The van der Waals surface area contributed by atoms with Crippen molar-refractivity contribution in [2.24, 2.45) is 0 Å². The van der Waals surface area contributed by atoms with E-state index in [1.807, 2.05) is 6.92 Å². The second-order valence-electron chi connectivity index (χ2n) is 11.4. The van der Waals surface area contributed by atoms with Crippen LogP contribution in [0.2, 0.25) is 0 Å². The molecule has 4 aromatic rings. The molecule has 0 aliphatic carbocycles. The molecule has 1 aliphatic heterocycles. The van der Waals surface area contributed by atoms with Crippen LogP contribution in [0.25, 0.3) is 0 Å². The minimum absolute atomic E-state index is 0.00173. The molecule has 0 spiro atoms. The first-order valence-corrected chi connectivity index (χ1v) is 16.1. The lowest BCUT2D eigenvalue weighted by Gasteiger charge is -2.42. The number of hydrogen-bond acceptors (Lipinski definition) is 6. The highest BCUT2D eigenvalue weighted by molar-refractivity contribution is 7.49. The zero-order valence-electron chi connectivity index (χ0n) is 25.5. The number of aromatic nitrogens is 3. The number of morpholine rings is 1. The smallest absolute Gasteiger partial charge is 0.349 e. The van der Waals surface area contributed by atoms with Gasteiger partial charge in [-0.05, 0) is 48.7 Å². The Hall–Kier alpha value is -3.79. The molecule has 48 heavy (non-hydrogen) atoms. The highest BCUT2D eigenvalue weighted by Gasteiger charge is 2.40. The molecule has 1 aromatic heterocycles. The maximum atomic E-state index is 13.6. The van der Waals surface area contributed by atoms with E-state index in [9.17, 15) is 45.5 Å². The van der Waals surface area contributed by atoms with E-state index in [1.54, 1.807) is 59.5 Å². The number of ether oxygens (including phenoxy) is 2. The van der Waals surface area contributed by atoms with Gasteiger partial charge >= 0.3 is 25.8 Å². The average Bonchev–Trinajstić information content (AvgIpc) is 3.32. The normalized spacial score (nSPS) is 18.6. The van der Waals surface area contributed by atoms with Gasteiger partial charge in [-0.1, -0.05) is 60.2 Å². The van der Waals surface area contributed by atoms with Crippen LogP contribution in [-0.2, 0) is 39.5 Å². The summed E-state index contributed by atoms with van der Waals surface area (Å²) in [4.78, 5) is 34.6. The van der Waals surface area contributed by atoms with Crippen molar-refractivity contribution in [3.8, 4) is 0 Å². The molecule has 0 bridgehead atoms. The topological polar surface area (TPSA) is 119 Å². The number of nitrogens with zero attached hydrogens (tertiary/aromatic N) is 4. The molecule has 1 aliphatic rings. The lowest BCUT2D eigenvalue weighted by molar-refractivity contribution is -0.231. The summed E-state index contributed by atoms with van der Waals surface area (Å²) in [6.45, 7) is 3.12. The van der Waals surface area contributed by atoms with Crippen LogP contribution in [0, 0.1) is 6.92 Å². The van der Waals surface area contributed by atoms with Crippen molar-refractivity contribution < 1.29 is 50.2 Å². The third-order valence-corrected chi connectivity index (χ3v) is 8.60. The fourth-order valence-corrected chi connectivity index (χ4v) is 5.97. The molecule has 2 heterocycles. The van der Waals surface area contributed by atoms with Gasteiger partial charge in [-0.15, -0.1) is 9.55 Å². The molecule has 0 saturated carbocycles. The van der Waals surface area contributed by atoms with E-state index in [-0.39, 0.29) is 48.1 Å². The highest BCUT2D eigenvalue weighted by atomic mass is 31.2. The van der Waals surface area contributed by atoms with E-state index < -0.39 is 55.4 Å². The number of alkyl halides is 6. The second kappa shape index (κ2) is 13.6. The number of rotatable bonds is 9. The van der Waals surface area contributed by atoms with Crippen molar-refractivity contribution in [2.45, 2.75) is 57.7 Å². The number of aryl methyl sites for hydroxylation is 1. The fraction of sp³-hybridized carbons (Fsp3) is 0.355. The van der Waals surface area contributed by atoms with Crippen LogP contribution in [0.3, 0.4) is 0 Å². The van der Waals surface area contributed by atoms with E-state index in [4.69, 9.17) is 9.47 Å². The van der Waals surface area contributed by atoms with E-state index in [0.717, 1.165) is 10.1 Å². The van der Waals surface area contributed by atoms with Gasteiger partial charge in [0.2, 0.25) is 0 Å². The van der Waals surface area contributed by atoms with Crippen molar-refractivity contribution >= 4 is 7.75 Å². The van der Waals surface area contributed by atoms with Crippen LogP contribution in [-0.4, -0.2) is 48.2 Å². The summed E-state index contributed by atoms with van der Waals surface area (Å²) in [7, 11) is -5.15. The molecule has 0 radical (unpaired) electrons. The van der Waals surface area contributed by atoms with Gasteiger partial charge < -0.3 is 19.3 Å². The average molecular weight is 701 g/mol. The van der Waals surface area contributed by atoms with E-state index >= 15 is 0 Å². The van der Waals surface area contributed by atoms with Crippen molar-refractivity contribution in [1.82, 2.24) is 19.0 Å². The fourth-order valence-electron chi connectivity index (χ4n) is 5.42. The zero-order valence-corrected chi connectivity index (χ0v) is 26.4. The van der Waals surface area contributed by atoms with Gasteiger partial charge in [0.25, 0.3) is 0 Å². The van der Waals surface area contributed by atoms with E-state index in [2.05, 4.69) is 5.10 Å². The molecule has 10 nitrogen and oxygen atoms in total. The van der Waals surface area contributed by atoms with Gasteiger partial charge in [0, 0.05) is 6.54 Å². The maximum Gasteiger partial charge on any atom is 0.454 e. The van der Waals surface area contributed by atoms with Crippen LogP contribution in [0.1, 0.15) is 58.3 Å². The Morgan fingerprint density at radius 3 is 2.12 bits per heavy atom. The molecular weight excluding hydrogens is 669 g/mol. The van der Waals surface area contributed by atoms with Crippen molar-refractivity contribution in [3.05, 3.63) is 122 Å². The van der Waals surface area contributed by atoms with Crippen LogP contribution in [0.15, 0.2) is 77.6 Å². The summed E-state index contributed by atoms with van der Waals surface area (Å²) in [6.07, 6.45) is -12.6. The van der Waals surface area contributed by atoms with E-state index in [0.29, 0.717) is 23.3 Å². The van der Waals surface area contributed by atoms with Gasteiger partial charge in [-0.25, -0.2) is 9.36 Å². The second-order valence-corrected chi connectivity index (χ2v) is 12.8. The van der Waals surface area contributed by atoms with Crippen molar-refractivity contribution in [3.63, 3.8) is 0 Å². The molecule has 5 rings (SSSR count). The molecule has 0 amide bonds. The Kier molecular flexibility index (Phi) is 10.1. The molecule has 0 unspecified atom stereocenters. The first kappa shape index (κ1) is 35.5. The van der Waals surface area contributed by atoms with Crippen LogP contribution < -0.4 is 5.69 Å². The maximum absolute atomic E-state index is 13.6. The third kappa shape index (κ3) is 8.08. The Bertz CT molecular complexity index is 1810. The Morgan fingerprint density at radius 1 is 0.958 bits per heavy atom. The van der Waals surface area contributed by atoms with Gasteiger partial charge in [-0.2, -0.15) is 26.3 Å². The minimum Gasteiger partial charge on any atom is -0.349 e. The quantitative estimate of drug-likeness (QED) is 0.160. The standard InChI is InChI=1S/C31H31F6N4O6P/c1-19-8-10-22(11-9-19)27-28(47-20(2)23-14-24(30(32,33)34)16-25(15-23)31(35,36)37)46-13-12-39(27)18-26-38-41(48(43,44)45)29(42)40(26)17-21-6-4-3-5-7-21/h3-11,14-16,20,27-28H,12-13,17-18H2,1-2H3,(H2,43,44,45)/t20-,27+,28-/m0/s1. The Morgan fingerprint density at radius 2 is 1.56 bits per heavy atom. The summed E-state index contributed by atoms with van der Waals surface area (Å²) in [6, 6.07) is 16.1. The predicted molar refractivity (Wildman–Crippen MR) is 159 cm³/mol. The number of halogens is 6. The summed E-state index contributed by atoms with van der Waals surface area (Å²) in [5, 5.41) is 3.98. The predicted octanol–water partition coefficient (Wildman–Crippen LogP) is 6.06. The monoisotopic (exact) mass is 700 g/mol. The lowest BCUT2D eigenvalue weighted by atomic mass is 10.00. The molecular formula is C31H31F6N4O6P. The summed E-state index contributed by atoms with van der Waals surface area (Å²) >= 11 is 0. The summed E-state index contributed by atoms with van der Waals surface area (Å²) < 4.78 is 107. The molecule has 1 saturated heterocycles. The molecule has 1 fully saturated rings. The Balaban J connectivity index is 1.53. The molecule has 3 aromatic carbocycles. The van der Waals surface area contributed by atoms with Crippen LogP contribution >= 0.6 is 7.75 Å². The first-order valence-electron chi connectivity index (χ1n) is 14.6. The van der Waals surface area contributed by atoms with Crippen LogP contribution in [0.4, 0.5) is 26.3 Å². The molecule has 3 atom stereocenters. The third-order valence-electron chi connectivity index (χ3n) is 7.85. The van der Waals surface area contributed by atoms with Crippen molar-refractivity contribution in [2.75, 3.05) is 13.2 Å². The van der Waals surface area contributed by atoms with Gasteiger partial charge in [0.15, 0.2) is 6.29 Å². The number of benzene rings is 3. The SMILES string of the molecule is Cc1ccc([C@@H]2[C@H](O[C@@H](C)c3cc(C(F)(F)F)cc(C(F)(F)F)c3)OCCN2Cc2nn(P(=O)(O)O)c(=O)n2Cc2ccccc2)cc1. The summed E-state index contributed by atoms with van der Waals surface area (Å²) in [5.74, 6) is -0.00862. The first-order chi connectivity index (χ1) is 22.4.